The van der Waals surface area contributed by atoms with Gasteiger partial charge in [-0.15, -0.1) is 0 Å². The zero-order valence-electron chi connectivity index (χ0n) is 8.17. The lowest BCUT2D eigenvalue weighted by atomic mass is 9.70. The standard InChI is InChI=1S/C10H16O2S/c1-9(2)7-3-4-10(9,6-13-12)8(11)5-7/h7,12H,3-6H2,1-2H3. The van der Waals surface area contributed by atoms with Gasteiger partial charge in [0, 0.05) is 17.6 Å². The topological polar surface area (TPSA) is 37.3 Å². The van der Waals surface area contributed by atoms with Crippen LogP contribution in [0.15, 0.2) is 0 Å². The van der Waals surface area contributed by atoms with Crippen molar-refractivity contribution in [3.8, 4) is 0 Å². The lowest BCUT2D eigenvalue weighted by Gasteiger charge is -2.35. The molecule has 2 atom stereocenters. The van der Waals surface area contributed by atoms with E-state index < -0.39 is 0 Å². The average Bonchev–Trinajstić information content (AvgIpc) is 2.38. The van der Waals surface area contributed by atoms with Gasteiger partial charge in [-0.3, -0.25) is 4.79 Å². The van der Waals surface area contributed by atoms with Crippen LogP contribution in [0.2, 0.25) is 0 Å². The third kappa shape index (κ3) is 0.975. The van der Waals surface area contributed by atoms with E-state index in [1.165, 1.54) is 6.42 Å². The van der Waals surface area contributed by atoms with E-state index in [0.717, 1.165) is 24.9 Å². The summed E-state index contributed by atoms with van der Waals surface area (Å²) in [4.78, 5) is 11.8. The van der Waals surface area contributed by atoms with Crippen molar-refractivity contribution < 1.29 is 9.35 Å². The summed E-state index contributed by atoms with van der Waals surface area (Å²) in [5.74, 6) is 1.54. The fraction of sp³-hybridized carbons (Fsp3) is 0.900. The van der Waals surface area contributed by atoms with Crippen LogP contribution in [0.3, 0.4) is 0 Å². The van der Waals surface area contributed by atoms with Crippen molar-refractivity contribution in [2.24, 2.45) is 16.7 Å². The van der Waals surface area contributed by atoms with Crippen LogP contribution in [-0.2, 0) is 4.79 Å². The van der Waals surface area contributed by atoms with Gasteiger partial charge in [-0.05, 0) is 36.2 Å². The fourth-order valence-corrected chi connectivity index (χ4v) is 4.12. The van der Waals surface area contributed by atoms with Gasteiger partial charge >= 0.3 is 0 Å². The Labute approximate surface area is 83.3 Å². The molecular weight excluding hydrogens is 184 g/mol. The van der Waals surface area contributed by atoms with Gasteiger partial charge in [-0.2, -0.15) is 0 Å². The Morgan fingerprint density at radius 1 is 1.62 bits per heavy atom. The molecule has 0 heterocycles. The molecule has 2 fully saturated rings. The molecule has 1 N–H and O–H groups in total. The first-order valence-electron chi connectivity index (χ1n) is 4.84. The first-order valence-corrected chi connectivity index (χ1v) is 5.78. The van der Waals surface area contributed by atoms with Crippen LogP contribution in [0.5, 0.6) is 0 Å². The number of carbonyl (C=O) groups excluding carboxylic acids is 1. The molecule has 0 saturated heterocycles. The van der Waals surface area contributed by atoms with Crippen LogP contribution in [0, 0.1) is 16.7 Å². The monoisotopic (exact) mass is 200 g/mol. The molecule has 74 valence electrons. The summed E-state index contributed by atoms with van der Waals surface area (Å²) in [7, 11) is 0. The molecule has 0 spiro atoms. The zero-order chi connectivity index (χ0) is 9.69. The van der Waals surface area contributed by atoms with Crippen molar-refractivity contribution in [2.75, 3.05) is 5.75 Å². The van der Waals surface area contributed by atoms with Gasteiger partial charge in [0.15, 0.2) is 0 Å². The highest BCUT2D eigenvalue weighted by Crippen LogP contribution is 2.64. The molecule has 2 saturated carbocycles. The first kappa shape index (κ1) is 9.53. The Morgan fingerprint density at radius 3 is 2.69 bits per heavy atom. The van der Waals surface area contributed by atoms with Crippen LogP contribution in [-0.4, -0.2) is 16.1 Å². The normalized spacial score (nSPS) is 41.5. The predicted octanol–water partition coefficient (Wildman–Crippen LogP) is 2.59. The highest BCUT2D eigenvalue weighted by atomic mass is 32.2. The van der Waals surface area contributed by atoms with Crippen molar-refractivity contribution >= 4 is 17.8 Å². The largest absolute Gasteiger partial charge is 0.330 e. The van der Waals surface area contributed by atoms with Crippen LogP contribution < -0.4 is 0 Å². The summed E-state index contributed by atoms with van der Waals surface area (Å²) in [6.45, 7) is 4.37. The molecule has 2 rings (SSSR count). The second-order valence-corrected chi connectivity index (χ2v) is 5.49. The Hall–Kier alpha value is -0.0200. The number of hydrogen-bond donors (Lipinski definition) is 1. The van der Waals surface area contributed by atoms with E-state index in [-0.39, 0.29) is 10.8 Å². The maximum absolute atomic E-state index is 11.8. The molecule has 0 aliphatic heterocycles. The molecule has 0 aromatic rings. The highest BCUT2D eigenvalue weighted by Gasteiger charge is 2.63. The molecule has 3 heteroatoms. The number of fused-ring (bicyclic) bond motifs is 2. The van der Waals surface area contributed by atoms with Crippen molar-refractivity contribution in [1.29, 1.82) is 0 Å². The summed E-state index contributed by atoms with van der Waals surface area (Å²) in [5.41, 5.74) is -0.100. The van der Waals surface area contributed by atoms with Gasteiger partial charge in [0.25, 0.3) is 0 Å². The van der Waals surface area contributed by atoms with E-state index in [1.807, 2.05) is 0 Å². The first-order chi connectivity index (χ1) is 6.04. The summed E-state index contributed by atoms with van der Waals surface area (Å²) in [6.07, 6.45) is 2.89. The molecule has 0 aromatic carbocycles. The van der Waals surface area contributed by atoms with Crippen LogP contribution in [0.25, 0.3) is 0 Å². The van der Waals surface area contributed by atoms with Crippen LogP contribution in [0.4, 0.5) is 0 Å². The van der Waals surface area contributed by atoms with Crippen molar-refractivity contribution in [3.63, 3.8) is 0 Å². The Morgan fingerprint density at radius 2 is 2.31 bits per heavy atom. The third-order valence-electron chi connectivity index (χ3n) is 4.45. The molecular formula is C10H16O2S. The summed E-state index contributed by atoms with van der Waals surface area (Å²) >= 11 is 0.834. The predicted molar refractivity (Wildman–Crippen MR) is 53.6 cm³/mol. The number of ketones is 1. The molecule has 0 amide bonds. The van der Waals surface area contributed by atoms with Crippen LogP contribution in [0.1, 0.15) is 33.1 Å². The maximum atomic E-state index is 11.8. The number of Topliss-reactive ketones (excluding diaryl/α,β-unsaturated/α-hetero) is 1. The summed E-state index contributed by atoms with van der Waals surface area (Å²) in [6, 6.07) is 0. The van der Waals surface area contributed by atoms with E-state index in [1.54, 1.807) is 0 Å². The Bertz CT molecular complexity index is 249. The number of carbonyl (C=O) groups is 1. The van der Waals surface area contributed by atoms with E-state index in [2.05, 4.69) is 13.8 Å². The average molecular weight is 200 g/mol. The van der Waals surface area contributed by atoms with Gasteiger partial charge in [-0.25, -0.2) is 0 Å². The molecule has 0 aromatic heterocycles. The number of rotatable bonds is 2. The maximum Gasteiger partial charge on any atom is 0.140 e. The van der Waals surface area contributed by atoms with Gasteiger partial charge in [0.1, 0.15) is 5.78 Å². The zero-order valence-corrected chi connectivity index (χ0v) is 8.99. The lowest BCUT2D eigenvalue weighted by molar-refractivity contribution is -0.127. The molecule has 2 unspecified atom stereocenters. The highest BCUT2D eigenvalue weighted by molar-refractivity contribution is 7.93. The van der Waals surface area contributed by atoms with E-state index >= 15 is 0 Å². The molecule has 2 aliphatic carbocycles. The van der Waals surface area contributed by atoms with Gasteiger partial charge in [-0.1, -0.05) is 13.8 Å². The summed E-state index contributed by atoms with van der Waals surface area (Å²) in [5, 5.41) is 0. The Balaban J connectivity index is 2.37. The van der Waals surface area contributed by atoms with Gasteiger partial charge < -0.3 is 4.55 Å². The van der Waals surface area contributed by atoms with E-state index in [9.17, 15) is 4.79 Å². The van der Waals surface area contributed by atoms with E-state index in [4.69, 9.17) is 4.55 Å². The van der Waals surface area contributed by atoms with Gasteiger partial charge in [0.05, 0.1) is 0 Å². The molecule has 13 heavy (non-hydrogen) atoms. The number of hydrogen-bond acceptors (Lipinski definition) is 3. The van der Waals surface area contributed by atoms with Crippen LogP contribution >= 0.6 is 12.0 Å². The molecule has 2 aliphatic rings. The third-order valence-corrected chi connectivity index (χ3v) is 5.07. The fourth-order valence-electron chi connectivity index (χ4n) is 3.22. The van der Waals surface area contributed by atoms with Crippen molar-refractivity contribution in [1.82, 2.24) is 0 Å². The molecule has 2 bridgehead atoms. The van der Waals surface area contributed by atoms with E-state index in [0.29, 0.717) is 17.5 Å². The molecule has 2 nitrogen and oxygen atoms in total. The Kier molecular flexibility index (Phi) is 2.01. The quantitative estimate of drug-likeness (QED) is 0.696. The van der Waals surface area contributed by atoms with Gasteiger partial charge in [0.2, 0.25) is 0 Å². The minimum atomic E-state index is -0.211. The minimum Gasteiger partial charge on any atom is -0.330 e. The second kappa shape index (κ2) is 2.74. The summed E-state index contributed by atoms with van der Waals surface area (Å²) < 4.78 is 8.96. The smallest absolute Gasteiger partial charge is 0.140 e. The van der Waals surface area contributed by atoms with Crippen molar-refractivity contribution in [2.45, 2.75) is 33.1 Å². The van der Waals surface area contributed by atoms with Crippen molar-refractivity contribution in [3.05, 3.63) is 0 Å². The lowest BCUT2D eigenvalue weighted by Crippen LogP contribution is -2.38. The SMILES string of the molecule is CC1(C)C2CCC1(CSO)C(=O)C2. The second-order valence-electron chi connectivity index (χ2n) is 4.94. The minimum absolute atomic E-state index is 0.111. The molecule has 0 radical (unpaired) electrons.